The SMILES string of the molecule is C.S.[2H]C([2H])([2H])C([2H])(C)n1cc(Nc2nc(N[C@@H](C)C3CC3)c3ccn(S(=O)(=O)c4ccc(C)cc4)c3n2)cn1. The summed E-state index contributed by atoms with van der Waals surface area (Å²) in [5.41, 5.74) is 1.49. The van der Waals surface area contributed by atoms with E-state index in [2.05, 4.69) is 32.6 Å². The van der Waals surface area contributed by atoms with Crippen LogP contribution in [-0.4, -0.2) is 38.2 Å². The van der Waals surface area contributed by atoms with E-state index in [9.17, 15) is 8.42 Å². The van der Waals surface area contributed by atoms with Crippen molar-refractivity contribution < 1.29 is 13.9 Å². The van der Waals surface area contributed by atoms with Crippen LogP contribution in [0, 0.1) is 12.8 Å². The van der Waals surface area contributed by atoms with E-state index in [1.54, 1.807) is 30.3 Å². The molecule has 3 heterocycles. The van der Waals surface area contributed by atoms with Crippen LogP contribution in [0.5, 0.6) is 0 Å². The van der Waals surface area contributed by atoms with E-state index >= 15 is 0 Å². The molecule has 1 saturated carbocycles. The monoisotopic (exact) mass is 533 g/mol. The summed E-state index contributed by atoms with van der Waals surface area (Å²) in [5.74, 6) is 1.10. The highest BCUT2D eigenvalue weighted by molar-refractivity contribution is 7.90. The highest BCUT2D eigenvalue weighted by Gasteiger charge is 2.29. The van der Waals surface area contributed by atoms with Gasteiger partial charge in [0.25, 0.3) is 10.0 Å². The van der Waals surface area contributed by atoms with Crippen LogP contribution in [0.25, 0.3) is 11.0 Å². The fourth-order valence-corrected chi connectivity index (χ4v) is 5.10. The topological polar surface area (TPSA) is 107 Å². The fraction of sp³-hybridized carbons (Fsp3) is 0.400. The van der Waals surface area contributed by atoms with Crippen LogP contribution in [0.1, 0.15) is 58.0 Å². The summed E-state index contributed by atoms with van der Waals surface area (Å²) in [6.07, 6.45) is 6.45. The number of fused-ring (bicyclic) bond motifs is 1. The maximum absolute atomic E-state index is 13.5. The number of benzene rings is 1. The lowest BCUT2D eigenvalue weighted by Gasteiger charge is -2.16. The number of nitrogens with one attached hydrogen (secondary N) is 2. The molecule has 0 bridgehead atoms. The first-order valence-corrected chi connectivity index (χ1v) is 12.5. The van der Waals surface area contributed by atoms with Crippen molar-refractivity contribution in [3.63, 3.8) is 0 Å². The minimum absolute atomic E-state index is 0. The van der Waals surface area contributed by atoms with E-state index in [0.29, 0.717) is 22.8 Å². The molecule has 1 aliphatic carbocycles. The fourth-order valence-electron chi connectivity index (χ4n) is 3.81. The van der Waals surface area contributed by atoms with Gasteiger partial charge in [-0.15, -0.1) is 0 Å². The lowest BCUT2D eigenvalue weighted by molar-refractivity contribution is 0.532. The lowest BCUT2D eigenvalue weighted by atomic mass is 10.2. The van der Waals surface area contributed by atoms with Crippen molar-refractivity contribution in [1.82, 2.24) is 23.7 Å². The standard InChI is InChI=1S/C24H29N7O2S.CH4.H2S/c1-15(2)30-14-19(13-25-30)27-24-28-22(26-17(4)18-7-8-18)21-11-12-31(23(21)29-24)34(32,33)20-9-5-16(3)6-10-20;;/h5-6,9-15,17-18H,7-8H2,1-4H3,(H2,26,27,28,29);1H4;1H2/t17-;;/m0../s1/i1D3,15D;;/t15?,17-;;. The summed E-state index contributed by atoms with van der Waals surface area (Å²) in [7, 11) is -3.94. The van der Waals surface area contributed by atoms with Crippen molar-refractivity contribution in [3.8, 4) is 0 Å². The van der Waals surface area contributed by atoms with Crippen molar-refractivity contribution in [2.24, 2.45) is 5.92 Å². The summed E-state index contributed by atoms with van der Waals surface area (Å²) in [4.78, 5) is 9.26. The number of aryl methyl sites for hydroxylation is 1. The van der Waals surface area contributed by atoms with Crippen molar-refractivity contribution in [1.29, 1.82) is 0 Å². The Bertz CT molecular complexity index is 1600. The number of hydrogen-bond acceptors (Lipinski definition) is 7. The Hall–Kier alpha value is -3.05. The Labute approximate surface area is 225 Å². The molecule has 0 spiro atoms. The smallest absolute Gasteiger partial charge is 0.269 e. The van der Waals surface area contributed by atoms with E-state index in [4.69, 9.17) is 5.48 Å². The van der Waals surface area contributed by atoms with Gasteiger partial charge < -0.3 is 10.6 Å². The van der Waals surface area contributed by atoms with Gasteiger partial charge in [-0.25, -0.2) is 12.4 Å². The first kappa shape index (κ1) is 22.2. The molecule has 36 heavy (non-hydrogen) atoms. The summed E-state index contributed by atoms with van der Waals surface area (Å²) in [5, 5.41) is 11.0. The highest BCUT2D eigenvalue weighted by Crippen LogP contribution is 2.35. The average Bonchev–Trinajstić information content (AvgIpc) is 3.42. The zero-order valence-corrected chi connectivity index (χ0v) is 21.5. The van der Waals surface area contributed by atoms with E-state index < -0.39 is 22.9 Å². The van der Waals surface area contributed by atoms with Crippen LogP contribution >= 0.6 is 13.5 Å². The third-order valence-corrected chi connectivity index (χ3v) is 7.64. The second kappa shape index (κ2) is 10.5. The van der Waals surface area contributed by atoms with Crippen LogP contribution in [0.2, 0.25) is 0 Å². The molecule has 5 rings (SSSR count). The molecule has 1 aliphatic rings. The van der Waals surface area contributed by atoms with Crippen molar-refractivity contribution in [2.45, 2.75) is 64.8 Å². The van der Waals surface area contributed by atoms with Crippen LogP contribution in [0.4, 0.5) is 17.5 Å². The summed E-state index contributed by atoms with van der Waals surface area (Å²) < 4.78 is 60.4. The predicted molar refractivity (Wildman–Crippen MR) is 150 cm³/mol. The summed E-state index contributed by atoms with van der Waals surface area (Å²) >= 11 is 0. The third kappa shape index (κ3) is 5.36. The van der Waals surface area contributed by atoms with Gasteiger partial charge >= 0.3 is 0 Å². The number of aromatic nitrogens is 5. The molecule has 2 N–H and O–H groups in total. The number of rotatable bonds is 8. The van der Waals surface area contributed by atoms with E-state index in [0.717, 1.165) is 27.1 Å². The third-order valence-electron chi connectivity index (χ3n) is 5.96. The zero-order valence-electron chi connectivity index (χ0n) is 23.6. The largest absolute Gasteiger partial charge is 0.367 e. The van der Waals surface area contributed by atoms with E-state index in [-0.39, 0.29) is 43.5 Å². The molecule has 0 aliphatic heterocycles. The highest BCUT2D eigenvalue weighted by atomic mass is 32.2. The first-order valence-electron chi connectivity index (χ1n) is 13.1. The number of nitrogens with zero attached hydrogens (tertiary/aromatic N) is 5. The van der Waals surface area contributed by atoms with Crippen LogP contribution in [0.15, 0.2) is 53.8 Å². The Morgan fingerprint density at radius 2 is 1.89 bits per heavy atom. The normalized spacial score (nSPS) is 17.9. The molecule has 194 valence electrons. The molecule has 1 fully saturated rings. The summed E-state index contributed by atoms with van der Waals surface area (Å²) in [6, 6.07) is 6.41. The number of anilines is 3. The summed E-state index contributed by atoms with van der Waals surface area (Å²) in [6.45, 7) is 2.60. The van der Waals surface area contributed by atoms with Crippen molar-refractivity contribution in [2.75, 3.05) is 10.6 Å². The minimum Gasteiger partial charge on any atom is -0.367 e. The van der Waals surface area contributed by atoms with Gasteiger partial charge in [-0.2, -0.15) is 28.6 Å². The molecule has 0 radical (unpaired) electrons. The van der Waals surface area contributed by atoms with E-state index in [1.807, 2.05) is 6.92 Å². The maximum Gasteiger partial charge on any atom is 0.269 e. The average molecular weight is 534 g/mol. The Balaban J connectivity index is 0.00000220. The molecule has 1 unspecified atom stereocenters. The van der Waals surface area contributed by atoms with Gasteiger partial charge in [-0.1, -0.05) is 25.1 Å². The van der Waals surface area contributed by atoms with Crippen LogP contribution in [0.3, 0.4) is 0 Å². The molecule has 1 aromatic carbocycles. The molecule has 0 amide bonds. The van der Waals surface area contributed by atoms with Gasteiger partial charge in [0.15, 0.2) is 5.65 Å². The van der Waals surface area contributed by atoms with Gasteiger partial charge in [-0.3, -0.25) is 4.68 Å². The molecule has 11 heteroatoms. The quantitative estimate of drug-likeness (QED) is 0.310. The molecular formula is C25H35N7O2S2. The molecule has 2 atom stereocenters. The first-order chi connectivity index (χ1) is 17.8. The second-order valence-electron chi connectivity index (χ2n) is 8.72. The Kier molecular flexibility index (Phi) is 6.48. The molecule has 3 aromatic heterocycles. The van der Waals surface area contributed by atoms with E-state index in [1.165, 1.54) is 25.5 Å². The van der Waals surface area contributed by atoms with Crippen LogP contribution < -0.4 is 10.6 Å². The zero-order chi connectivity index (χ0) is 27.5. The molecule has 4 aromatic rings. The van der Waals surface area contributed by atoms with Crippen molar-refractivity contribution in [3.05, 3.63) is 54.5 Å². The maximum atomic E-state index is 13.5. The molecule has 0 saturated heterocycles. The van der Waals surface area contributed by atoms with Gasteiger partial charge in [-0.05, 0) is 64.6 Å². The Morgan fingerprint density at radius 1 is 1.17 bits per heavy atom. The Morgan fingerprint density at radius 3 is 2.56 bits per heavy atom. The van der Waals surface area contributed by atoms with Crippen LogP contribution in [-0.2, 0) is 10.0 Å². The van der Waals surface area contributed by atoms with Gasteiger partial charge in [0.05, 0.1) is 23.5 Å². The van der Waals surface area contributed by atoms with Crippen molar-refractivity contribution >= 4 is 52.0 Å². The molecule has 9 nitrogen and oxygen atoms in total. The molecular weight excluding hydrogens is 494 g/mol. The van der Waals surface area contributed by atoms with Gasteiger partial charge in [0, 0.05) is 28.6 Å². The van der Waals surface area contributed by atoms with Gasteiger partial charge in [0.1, 0.15) is 5.82 Å². The van der Waals surface area contributed by atoms with Gasteiger partial charge in [0.2, 0.25) is 5.95 Å². The predicted octanol–water partition coefficient (Wildman–Crippen LogP) is 5.46. The second-order valence-corrected chi connectivity index (χ2v) is 10.5. The minimum atomic E-state index is -3.94. The number of hydrogen-bond donors (Lipinski definition) is 2. The lowest BCUT2D eigenvalue weighted by Crippen LogP contribution is -2.19.